The minimum atomic E-state index is 0. The van der Waals surface area contributed by atoms with Crippen LogP contribution in [-0.4, -0.2) is 14.2 Å². The van der Waals surface area contributed by atoms with Gasteiger partial charge in [0, 0.05) is 16.6 Å². The van der Waals surface area contributed by atoms with E-state index in [4.69, 9.17) is 4.74 Å². The topological polar surface area (TPSA) is 21.3 Å². The first-order chi connectivity index (χ1) is 5.77. The zero-order valence-corrected chi connectivity index (χ0v) is 10.9. The van der Waals surface area contributed by atoms with Gasteiger partial charge in [0.25, 0.3) is 0 Å². The standard InChI is InChI=1S/C9H12BrNO.BrH/c1-11-6-7-5-8(10)3-4-9(7)12-2;/h3-5,11H,6H2,1-2H3;1H. The molecule has 0 saturated carbocycles. The molecule has 4 heteroatoms. The Morgan fingerprint density at radius 2 is 2.15 bits per heavy atom. The second-order valence-corrected chi connectivity index (χ2v) is 3.40. The van der Waals surface area contributed by atoms with Crippen molar-refractivity contribution in [3.8, 4) is 5.75 Å². The highest BCUT2D eigenvalue weighted by atomic mass is 79.9. The summed E-state index contributed by atoms with van der Waals surface area (Å²) in [5, 5.41) is 3.09. The van der Waals surface area contributed by atoms with Crippen LogP contribution in [0.2, 0.25) is 0 Å². The van der Waals surface area contributed by atoms with E-state index in [1.54, 1.807) is 7.11 Å². The number of ether oxygens (including phenoxy) is 1. The lowest BCUT2D eigenvalue weighted by Crippen LogP contribution is -2.06. The fourth-order valence-electron chi connectivity index (χ4n) is 1.08. The molecule has 0 radical (unpaired) electrons. The summed E-state index contributed by atoms with van der Waals surface area (Å²) in [4.78, 5) is 0. The molecule has 74 valence electrons. The summed E-state index contributed by atoms with van der Waals surface area (Å²) in [6.07, 6.45) is 0. The normalized spacial score (nSPS) is 9.15. The van der Waals surface area contributed by atoms with Crippen LogP contribution in [0.15, 0.2) is 22.7 Å². The molecule has 0 amide bonds. The third-order valence-electron chi connectivity index (χ3n) is 1.61. The molecule has 0 spiro atoms. The van der Waals surface area contributed by atoms with Gasteiger partial charge in [0.15, 0.2) is 0 Å². The summed E-state index contributed by atoms with van der Waals surface area (Å²) in [6.45, 7) is 0.822. The average Bonchev–Trinajstić information content (AvgIpc) is 2.05. The van der Waals surface area contributed by atoms with E-state index in [0.29, 0.717) is 0 Å². The molecule has 0 aliphatic heterocycles. The molecule has 0 aliphatic rings. The van der Waals surface area contributed by atoms with E-state index in [-0.39, 0.29) is 17.0 Å². The number of rotatable bonds is 3. The van der Waals surface area contributed by atoms with Crippen molar-refractivity contribution in [2.45, 2.75) is 6.54 Å². The highest BCUT2D eigenvalue weighted by molar-refractivity contribution is 9.10. The maximum Gasteiger partial charge on any atom is 0.123 e. The first-order valence-electron chi connectivity index (χ1n) is 3.75. The summed E-state index contributed by atoms with van der Waals surface area (Å²) in [6, 6.07) is 5.98. The average molecular weight is 311 g/mol. The van der Waals surface area contributed by atoms with Crippen LogP contribution in [-0.2, 0) is 6.54 Å². The second kappa shape index (κ2) is 6.40. The molecule has 1 aromatic carbocycles. The van der Waals surface area contributed by atoms with Gasteiger partial charge in [0.1, 0.15) is 5.75 Å². The van der Waals surface area contributed by atoms with Crippen molar-refractivity contribution in [2.75, 3.05) is 14.2 Å². The number of methoxy groups -OCH3 is 1. The lowest BCUT2D eigenvalue weighted by Gasteiger charge is -2.07. The predicted molar refractivity (Wildman–Crippen MR) is 63.8 cm³/mol. The predicted octanol–water partition coefficient (Wildman–Crippen LogP) is 2.76. The largest absolute Gasteiger partial charge is 0.496 e. The number of benzene rings is 1. The number of hydrogen-bond acceptors (Lipinski definition) is 2. The third kappa shape index (κ3) is 3.67. The third-order valence-corrected chi connectivity index (χ3v) is 2.10. The van der Waals surface area contributed by atoms with Crippen LogP contribution in [0.5, 0.6) is 5.75 Å². The van der Waals surface area contributed by atoms with Crippen molar-refractivity contribution in [1.82, 2.24) is 5.32 Å². The van der Waals surface area contributed by atoms with Crippen LogP contribution in [0.3, 0.4) is 0 Å². The van der Waals surface area contributed by atoms with E-state index in [1.165, 1.54) is 0 Å². The van der Waals surface area contributed by atoms with Crippen molar-refractivity contribution in [2.24, 2.45) is 0 Å². The van der Waals surface area contributed by atoms with Crippen molar-refractivity contribution >= 4 is 32.9 Å². The molecule has 0 bridgehead atoms. The number of hydrogen-bond donors (Lipinski definition) is 1. The van der Waals surface area contributed by atoms with Crippen LogP contribution in [0.4, 0.5) is 0 Å². The van der Waals surface area contributed by atoms with Gasteiger partial charge in [-0.15, -0.1) is 17.0 Å². The first kappa shape index (κ1) is 12.9. The van der Waals surface area contributed by atoms with E-state index in [2.05, 4.69) is 27.3 Å². The Kier molecular flexibility index (Phi) is 6.37. The lowest BCUT2D eigenvalue weighted by atomic mass is 10.2. The van der Waals surface area contributed by atoms with Gasteiger partial charge >= 0.3 is 0 Å². The first-order valence-corrected chi connectivity index (χ1v) is 4.54. The van der Waals surface area contributed by atoms with E-state index >= 15 is 0 Å². The van der Waals surface area contributed by atoms with Crippen molar-refractivity contribution in [3.05, 3.63) is 28.2 Å². The fraction of sp³-hybridized carbons (Fsp3) is 0.333. The van der Waals surface area contributed by atoms with Crippen LogP contribution < -0.4 is 10.1 Å². The van der Waals surface area contributed by atoms with E-state index in [1.807, 2.05) is 19.2 Å². The molecule has 0 fully saturated rings. The van der Waals surface area contributed by atoms with Gasteiger partial charge in [0.2, 0.25) is 0 Å². The molecule has 1 N–H and O–H groups in total. The molecule has 2 nitrogen and oxygen atoms in total. The molecule has 0 aliphatic carbocycles. The van der Waals surface area contributed by atoms with E-state index < -0.39 is 0 Å². The zero-order chi connectivity index (χ0) is 8.97. The molecule has 0 saturated heterocycles. The zero-order valence-electron chi connectivity index (χ0n) is 7.63. The van der Waals surface area contributed by atoms with Crippen molar-refractivity contribution in [1.29, 1.82) is 0 Å². The maximum atomic E-state index is 5.19. The van der Waals surface area contributed by atoms with Gasteiger partial charge in [-0.25, -0.2) is 0 Å². The maximum absolute atomic E-state index is 5.19. The summed E-state index contributed by atoms with van der Waals surface area (Å²) in [5.41, 5.74) is 1.16. The molecule has 0 heterocycles. The van der Waals surface area contributed by atoms with Crippen molar-refractivity contribution < 1.29 is 4.74 Å². The Bertz CT molecular complexity index is 266. The Hall–Kier alpha value is -0.0600. The molecular formula is C9H13Br2NO. The Morgan fingerprint density at radius 3 is 2.69 bits per heavy atom. The summed E-state index contributed by atoms with van der Waals surface area (Å²) >= 11 is 3.41. The van der Waals surface area contributed by atoms with Crippen molar-refractivity contribution in [3.63, 3.8) is 0 Å². The molecule has 0 aromatic heterocycles. The Morgan fingerprint density at radius 1 is 1.46 bits per heavy atom. The van der Waals surface area contributed by atoms with Gasteiger partial charge in [-0.1, -0.05) is 15.9 Å². The lowest BCUT2D eigenvalue weighted by molar-refractivity contribution is 0.408. The quantitative estimate of drug-likeness (QED) is 0.927. The van der Waals surface area contributed by atoms with Crippen LogP contribution in [0.25, 0.3) is 0 Å². The van der Waals surface area contributed by atoms with E-state index in [9.17, 15) is 0 Å². The summed E-state index contributed by atoms with van der Waals surface area (Å²) in [7, 11) is 3.60. The molecule has 13 heavy (non-hydrogen) atoms. The smallest absolute Gasteiger partial charge is 0.123 e. The molecular weight excluding hydrogens is 298 g/mol. The van der Waals surface area contributed by atoms with Gasteiger partial charge in [-0.2, -0.15) is 0 Å². The SMILES string of the molecule is Br.CNCc1cc(Br)ccc1OC. The van der Waals surface area contributed by atoms with Gasteiger partial charge in [0.05, 0.1) is 7.11 Å². The highest BCUT2D eigenvalue weighted by Gasteiger charge is 2.01. The minimum Gasteiger partial charge on any atom is -0.496 e. The number of nitrogens with one attached hydrogen (secondary N) is 1. The monoisotopic (exact) mass is 309 g/mol. The molecule has 1 rings (SSSR count). The molecule has 0 atom stereocenters. The molecule has 1 aromatic rings. The van der Waals surface area contributed by atoms with Crippen LogP contribution >= 0.6 is 32.9 Å². The van der Waals surface area contributed by atoms with Crippen LogP contribution in [0.1, 0.15) is 5.56 Å². The van der Waals surface area contributed by atoms with E-state index in [0.717, 1.165) is 22.3 Å². The van der Waals surface area contributed by atoms with Gasteiger partial charge < -0.3 is 10.1 Å². The Labute approximate surface area is 97.6 Å². The highest BCUT2D eigenvalue weighted by Crippen LogP contribution is 2.22. The second-order valence-electron chi connectivity index (χ2n) is 2.49. The summed E-state index contributed by atoms with van der Waals surface area (Å²) < 4.78 is 6.27. The number of halogens is 2. The summed E-state index contributed by atoms with van der Waals surface area (Å²) in [5.74, 6) is 0.924. The molecule has 0 unspecified atom stereocenters. The Balaban J connectivity index is 0.00000144. The van der Waals surface area contributed by atoms with Gasteiger partial charge in [-0.3, -0.25) is 0 Å². The minimum absolute atomic E-state index is 0. The van der Waals surface area contributed by atoms with Crippen LogP contribution in [0, 0.1) is 0 Å². The fourth-order valence-corrected chi connectivity index (χ4v) is 1.48. The van der Waals surface area contributed by atoms with Gasteiger partial charge in [-0.05, 0) is 25.2 Å².